The van der Waals surface area contributed by atoms with Crippen molar-refractivity contribution in [2.45, 2.75) is 55.3 Å². The largest absolute Gasteiger partial charge is 0.504 e. The molecule has 1 saturated carbocycles. The number of nitrogens with two attached hydrogens (primary N) is 2. The van der Waals surface area contributed by atoms with E-state index in [1.54, 1.807) is 12.3 Å². The summed E-state index contributed by atoms with van der Waals surface area (Å²) in [6.45, 7) is 1.95. The van der Waals surface area contributed by atoms with Crippen LogP contribution >= 0.6 is 0 Å². The molecule has 1 aromatic heterocycles. The highest BCUT2D eigenvalue weighted by atomic mass is 16.5. The molecule has 8 nitrogen and oxygen atoms in total. The number of hydrogen-bond acceptors (Lipinski definition) is 6. The van der Waals surface area contributed by atoms with Crippen LogP contribution in [0.4, 0.5) is 5.69 Å². The first kappa shape index (κ1) is 18.7. The van der Waals surface area contributed by atoms with E-state index < -0.39 is 17.1 Å². The topological polar surface area (TPSA) is 130 Å². The maximum atomic E-state index is 12.6. The maximum Gasteiger partial charge on any atom is 0.191 e. The molecule has 2 fully saturated rings. The Labute approximate surface area is 185 Å². The van der Waals surface area contributed by atoms with E-state index in [9.17, 15) is 10.2 Å². The average molecular weight is 434 g/mol. The number of ether oxygens (including phenoxy) is 1. The average Bonchev–Trinajstić information content (AvgIpc) is 3.48. The number of phenolic OH excluding ortho intramolecular Hbond substituents is 1. The van der Waals surface area contributed by atoms with Crippen LogP contribution in [0.25, 0.3) is 0 Å². The summed E-state index contributed by atoms with van der Waals surface area (Å²) in [7, 11) is 0. The van der Waals surface area contributed by atoms with Crippen LogP contribution in [0.3, 0.4) is 0 Å². The molecule has 1 aromatic carbocycles. The van der Waals surface area contributed by atoms with Crippen molar-refractivity contribution in [2.24, 2.45) is 22.4 Å². The van der Waals surface area contributed by atoms with Crippen LogP contribution in [0, 0.1) is 5.92 Å². The minimum atomic E-state index is -1.03. The van der Waals surface area contributed by atoms with Gasteiger partial charge in [0, 0.05) is 24.6 Å². The fourth-order valence-corrected chi connectivity index (χ4v) is 7.04. The maximum absolute atomic E-state index is 12.6. The minimum absolute atomic E-state index is 0.00849. The molecule has 2 bridgehead atoms. The molecule has 5 aliphatic rings. The van der Waals surface area contributed by atoms with E-state index in [1.807, 2.05) is 12.1 Å². The molecule has 1 saturated heterocycles. The predicted octanol–water partition coefficient (Wildman–Crippen LogP) is 1.39. The van der Waals surface area contributed by atoms with Crippen molar-refractivity contribution in [3.8, 4) is 11.5 Å². The summed E-state index contributed by atoms with van der Waals surface area (Å²) in [6.07, 6.45) is 5.75. The van der Waals surface area contributed by atoms with Gasteiger partial charge >= 0.3 is 0 Å². The Morgan fingerprint density at radius 3 is 2.91 bits per heavy atom. The van der Waals surface area contributed by atoms with Crippen LogP contribution in [0.2, 0.25) is 0 Å². The monoisotopic (exact) mass is 433 g/mol. The van der Waals surface area contributed by atoms with Crippen molar-refractivity contribution >= 4 is 11.6 Å². The van der Waals surface area contributed by atoms with Crippen molar-refractivity contribution < 1.29 is 14.9 Å². The summed E-state index contributed by atoms with van der Waals surface area (Å²) in [5.74, 6) is 1.36. The Kier molecular flexibility index (Phi) is 3.47. The Balaban J connectivity index is 1.45. The number of fused-ring (bicyclic) bond motifs is 2. The van der Waals surface area contributed by atoms with Crippen LogP contribution in [0.1, 0.15) is 47.8 Å². The van der Waals surface area contributed by atoms with Gasteiger partial charge in [-0.1, -0.05) is 6.07 Å². The zero-order chi connectivity index (χ0) is 21.8. The van der Waals surface area contributed by atoms with Gasteiger partial charge in [0.2, 0.25) is 0 Å². The second-order valence-electron chi connectivity index (χ2n) is 10.2. The summed E-state index contributed by atoms with van der Waals surface area (Å²) in [6, 6.07) is 5.64. The molecule has 8 heteroatoms. The zero-order valence-electron chi connectivity index (χ0n) is 17.8. The lowest BCUT2D eigenvalue weighted by atomic mass is 9.49. The molecule has 0 radical (unpaired) electrons. The number of pyridine rings is 1. The van der Waals surface area contributed by atoms with E-state index >= 15 is 0 Å². The first-order chi connectivity index (χ1) is 15.4. The van der Waals surface area contributed by atoms with Crippen LogP contribution in [-0.4, -0.2) is 50.8 Å². The third kappa shape index (κ3) is 2.19. The van der Waals surface area contributed by atoms with Gasteiger partial charge in [-0.15, -0.1) is 0 Å². The number of likely N-dealkylation sites (tertiary alicyclic amines) is 1. The summed E-state index contributed by atoms with van der Waals surface area (Å²) in [5.41, 5.74) is 14.0. The smallest absolute Gasteiger partial charge is 0.191 e. The summed E-state index contributed by atoms with van der Waals surface area (Å²) in [4.78, 5) is 11.4. The first-order valence-electron chi connectivity index (χ1n) is 11.5. The molecule has 0 unspecified atom stereocenters. The third-order valence-corrected chi connectivity index (χ3v) is 8.47. The molecule has 1 spiro atoms. The van der Waals surface area contributed by atoms with E-state index in [1.165, 1.54) is 18.4 Å². The summed E-state index contributed by atoms with van der Waals surface area (Å²) < 4.78 is 6.47. The van der Waals surface area contributed by atoms with Crippen molar-refractivity contribution in [2.75, 3.05) is 13.1 Å². The minimum Gasteiger partial charge on any atom is -0.504 e. The molecule has 7 rings (SSSR count). The molecule has 166 valence electrons. The molecule has 3 heterocycles. The molecular weight excluding hydrogens is 406 g/mol. The molecule has 0 amide bonds. The van der Waals surface area contributed by atoms with Crippen LogP contribution in [-0.2, 0) is 18.3 Å². The SMILES string of the molecule is NC(N)=Nc1cnc2c(c1)C[C@@]1(O)[C@@H]3Cc4ccc(O)c5c4[C@@]1(CCN3CC1CC1)[C@H]2O5. The highest BCUT2D eigenvalue weighted by Crippen LogP contribution is 2.68. The Morgan fingerprint density at radius 2 is 2.12 bits per heavy atom. The van der Waals surface area contributed by atoms with Crippen molar-refractivity contribution in [3.05, 3.63) is 46.8 Å². The number of nitrogens with zero attached hydrogens (tertiary/aromatic N) is 3. The van der Waals surface area contributed by atoms with Crippen LogP contribution in [0.15, 0.2) is 29.4 Å². The molecule has 6 N–H and O–H groups in total. The van der Waals surface area contributed by atoms with Gasteiger partial charge in [-0.3, -0.25) is 9.88 Å². The van der Waals surface area contributed by atoms with Gasteiger partial charge < -0.3 is 26.4 Å². The molecule has 3 aliphatic carbocycles. The van der Waals surface area contributed by atoms with Gasteiger partial charge in [-0.25, -0.2) is 4.99 Å². The van der Waals surface area contributed by atoms with Crippen molar-refractivity contribution in [1.29, 1.82) is 0 Å². The number of guanidine groups is 1. The second-order valence-corrected chi connectivity index (χ2v) is 10.2. The Morgan fingerprint density at radius 1 is 1.28 bits per heavy atom. The van der Waals surface area contributed by atoms with Gasteiger partial charge in [0.05, 0.1) is 28.6 Å². The normalized spacial score (nSPS) is 33.8. The zero-order valence-corrected chi connectivity index (χ0v) is 17.8. The van der Waals surface area contributed by atoms with E-state index in [0.29, 0.717) is 17.9 Å². The fraction of sp³-hybridized carbons (Fsp3) is 0.500. The highest BCUT2D eigenvalue weighted by Gasteiger charge is 2.72. The number of benzene rings is 1. The quantitative estimate of drug-likeness (QED) is 0.425. The molecule has 2 aliphatic heterocycles. The number of aliphatic imine (C=N–C) groups is 1. The van der Waals surface area contributed by atoms with Gasteiger partial charge in [0.15, 0.2) is 23.6 Å². The standard InChI is InChI=1S/C24H27N5O3/c25-22(26)28-15-7-14-9-24(31)17-8-13-3-4-16(30)20-18(13)23(24,21(32-20)19(14)27-10-15)5-6-29(17)11-12-1-2-12/h3-4,7,10,12,17,21,30-31H,1-2,5-6,8-9,11H2,(H4,25,26,28)/t17-,21-,23-,24+/m0/s1. The lowest BCUT2D eigenvalue weighted by Gasteiger charge is -2.62. The number of aliphatic hydroxyl groups is 1. The predicted molar refractivity (Wildman–Crippen MR) is 118 cm³/mol. The third-order valence-electron chi connectivity index (χ3n) is 8.47. The Hall–Kier alpha value is -2.84. The van der Waals surface area contributed by atoms with Crippen LogP contribution in [0.5, 0.6) is 11.5 Å². The molecule has 4 atom stereocenters. The number of aromatic hydroxyl groups is 1. The van der Waals surface area contributed by atoms with E-state index in [4.69, 9.17) is 21.2 Å². The van der Waals surface area contributed by atoms with E-state index in [2.05, 4.69) is 9.89 Å². The molecule has 32 heavy (non-hydrogen) atoms. The summed E-state index contributed by atoms with van der Waals surface area (Å²) >= 11 is 0. The lowest BCUT2D eigenvalue weighted by Crippen LogP contribution is -2.74. The number of aromatic nitrogens is 1. The van der Waals surface area contributed by atoms with Gasteiger partial charge in [0.25, 0.3) is 0 Å². The number of rotatable bonds is 3. The van der Waals surface area contributed by atoms with Crippen LogP contribution < -0.4 is 16.2 Å². The summed E-state index contributed by atoms with van der Waals surface area (Å²) in [5, 5.41) is 23.3. The Bertz CT molecular complexity index is 1190. The fourth-order valence-electron chi connectivity index (χ4n) is 7.04. The van der Waals surface area contributed by atoms with Gasteiger partial charge in [-0.05, 0) is 61.4 Å². The number of phenols is 1. The molecule has 2 aromatic rings. The second kappa shape index (κ2) is 5.94. The highest BCUT2D eigenvalue weighted by molar-refractivity contribution is 5.79. The van der Waals surface area contributed by atoms with Crippen molar-refractivity contribution in [3.63, 3.8) is 0 Å². The number of piperidine rings is 1. The van der Waals surface area contributed by atoms with E-state index in [-0.39, 0.29) is 17.8 Å². The van der Waals surface area contributed by atoms with Gasteiger partial charge in [0.1, 0.15) is 0 Å². The lowest BCUT2D eigenvalue weighted by molar-refractivity contribution is -0.173. The van der Waals surface area contributed by atoms with Crippen molar-refractivity contribution in [1.82, 2.24) is 9.88 Å². The molecular formula is C24H27N5O3. The first-order valence-corrected chi connectivity index (χ1v) is 11.5. The van der Waals surface area contributed by atoms with E-state index in [0.717, 1.165) is 48.7 Å². The van der Waals surface area contributed by atoms with Gasteiger partial charge in [-0.2, -0.15) is 0 Å². The number of hydrogen-bond donors (Lipinski definition) is 4.